The van der Waals surface area contributed by atoms with Crippen LogP contribution in [-0.4, -0.2) is 31.0 Å². The van der Waals surface area contributed by atoms with E-state index in [9.17, 15) is 9.59 Å². The van der Waals surface area contributed by atoms with Crippen molar-refractivity contribution < 1.29 is 14.3 Å². The first-order chi connectivity index (χ1) is 11.3. The number of carbonyl (C=O) groups excluding carboxylic acids is 2. The molecule has 5 nitrogen and oxygen atoms in total. The highest BCUT2D eigenvalue weighted by Crippen LogP contribution is 2.24. The summed E-state index contributed by atoms with van der Waals surface area (Å²) in [7, 11) is 0. The van der Waals surface area contributed by atoms with Crippen molar-refractivity contribution in [2.45, 2.75) is 57.9 Å². The third-order valence-corrected chi connectivity index (χ3v) is 3.93. The molecule has 1 fully saturated rings. The molecule has 24 heavy (non-hydrogen) atoms. The first-order valence-corrected chi connectivity index (χ1v) is 8.64. The van der Waals surface area contributed by atoms with E-state index in [0.29, 0.717) is 25.5 Å². The highest BCUT2D eigenvalue weighted by atomic mass is 16.5. The number of rotatable bonds is 8. The van der Waals surface area contributed by atoms with Gasteiger partial charge in [-0.05, 0) is 42.4 Å². The molecule has 1 aliphatic rings. The fourth-order valence-corrected chi connectivity index (χ4v) is 2.25. The molecule has 1 aromatic carbocycles. The zero-order chi connectivity index (χ0) is 17.6. The highest BCUT2D eigenvalue weighted by Gasteiger charge is 2.23. The van der Waals surface area contributed by atoms with Gasteiger partial charge in [0.2, 0.25) is 11.8 Å². The normalized spacial score (nSPS) is 14.1. The summed E-state index contributed by atoms with van der Waals surface area (Å²) in [5.41, 5.74) is 1.39. The first-order valence-electron chi connectivity index (χ1n) is 8.64. The fraction of sp³-hybridized carbons (Fsp3) is 0.579. The van der Waals surface area contributed by atoms with Gasteiger partial charge in [-0.25, -0.2) is 0 Å². The topological polar surface area (TPSA) is 67.4 Å². The largest absolute Gasteiger partial charge is 0.494 e. The zero-order valence-corrected chi connectivity index (χ0v) is 14.9. The molecule has 0 unspecified atom stereocenters. The highest BCUT2D eigenvalue weighted by molar-refractivity contribution is 5.84. The second-order valence-electron chi connectivity index (χ2n) is 7.34. The van der Waals surface area contributed by atoms with Gasteiger partial charge in [-0.1, -0.05) is 32.9 Å². The Kier molecular flexibility index (Phi) is 6.23. The number of hydrogen-bond acceptors (Lipinski definition) is 3. The third-order valence-electron chi connectivity index (χ3n) is 3.93. The molecule has 5 heteroatoms. The van der Waals surface area contributed by atoms with E-state index in [-0.39, 0.29) is 23.8 Å². The molecule has 132 valence electrons. The summed E-state index contributed by atoms with van der Waals surface area (Å²) in [4.78, 5) is 23.1. The predicted octanol–water partition coefficient (Wildman–Crippen LogP) is 2.54. The van der Waals surface area contributed by atoms with Crippen LogP contribution in [-0.2, 0) is 15.0 Å². The smallest absolute Gasteiger partial charge is 0.239 e. The van der Waals surface area contributed by atoms with Crippen molar-refractivity contribution in [2.75, 3.05) is 13.2 Å². The zero-order valence-electron chi connectivity index (χ0n) is 14.9. The summed E-state index contributed by atoms with van der Waals surface area (Å²) in [5, 5.41) is 5.47. The molecule has 1 aliphatic carbocycles. The Bertz CT molecular complexity index is 557. The minimum atomic E-state index is -0.118. The molecular formula is C19H28N2O3. The van der Waals surface area contributed by atoms with Crippen molar-refractivity contribution in [1.29, 1.82) is 0 Å². The van der Waals surface area contributed by atoms with Gasteiger partial charge in [0.15, 0.2) is 0 Å². The molecule has 0 radical (unpaired) electrons. The molecule has 2 amide bonds. The van der Waals surface area contributed by atoms with Crippen LogP contribution in [0.4, 0.5) is 0 Å². The summed E-state index contributed by atoms with van der Waals surface area (Å²) in [6.45, 7) is 7.06. The van der Waals surface area contributed by atoms with Crippen LogP contribution in [0.2, 0.25) is 0 Å². The lowest BCUT2D eigenvalue weighted by Gasteiger charge is -2.19. The molecule has 1 aromatic rings. The maximum Gasteiger partial charge on any atom is 0.239 e. The number of nitrogens with one attached hydrogen (secondary N) is 2. The lowest BCUT2D eigenvalue weighted by atomic mass is 9.87. The number of carbonyl (C=O) groups is 2. The van der Waals surface area contributed by atoms with E-state index in [1.165, 1.54) is 5.56 Å². The molecule has 0 heterocycles. The van der Waals surface area contributed by atoms with Crippen LogP contribution >= 0.6 is 0 Å². The lowest BCUT2D eigenvalue weighted by molar-refractivity contribution is -0.126. The lowest BCUT2D eigenvalue weighted by Crippen LogP contribution is -2.37. The average molecular weight is 332 g/mol. The quantitative estimate of drug-likeness (QED) is 0.719. The maximum absolute atomic E-state index is 11.7. The van der Waals surface area contributed by atoms with E-state index in [0.717, 1.165) is 18.6 Å². The second kappa shape index (κ2) is 8.18. The number of amides is 2. The first kappa shape index (κ1) is 18.3. The Balaban J connectivity index is 1.58. The predicted molar refractivity (Wildman–Crippen MR) is 94.0 cm³/mol. The van der Waals surface area contributed by atoms with Gasteiger partial charge in [0.25, 0.3) is 0 Å². The molecule has 0 saturated heterocycles. The number of hydrogen-bond donors (Lipinski definition) is 2. The maximum atomic E-state index is 11.7. The van der Waals surface area contributed by atoms with Crippen LogP contribution in [0.1, 0.15) is 52.0 Å². The molecule has 0 aromatic heterocycles. The van der Waals surface area contributed by atoms with E-state index in [4.69, 9.17) is 4.74 Å². The molecule has 1 saturated carbocycles. The van der Waals surface area contributed by atoms with E-state index in [1.807, 2.05) is 12.1 Å². The van der Waals surface area contributed by atoms with E-state index in [1.54, 1.807) is 0 Å². The van der Waals surface area contributed by atoms with Gasteiger partial charge in [-0.2, -0.15) is 0 Å². The summed E-state index contributed by atoms with van der Waals surface area (Å²) >= 11 is 0. The fourth-order valence-electron chi connectivity index (χ4n) is 2.25. The van der Waals surface area contributed by atoms with Crippen molar-refractivity contribution in [3.8, 4) is 5.75 Å². The monoisotopic (exact) mass is 332 g/mol. The van der Waals surface area contributed by atoms with Crippen LogP contribution in [0.15, 0.2) is 24.3 Å². The van der Waals surface area contributed by atoms with Crippen LogP contribution in [0, 0.1) is 0 Å². The van der Waals surface area contributed by atoms with Crippen molar-refractivity contribution in [2.24, 2.45) is 0 Å². The van der Waals surface area contributed by atoms with Gasteiger partial charge in [0, 0.05) is 12.5 Å². The summed E-state index contributed by atoms with van der Waals surface area (Å²) in [6.07, 6.45) is 3.08. The summed E-state index contributed by atoms with van der Waals surface area (Å²) in [5.74, 6) is 0.584. The number of benzene rings is 1. The van der Waals surface area contributed by atoms with E-state index in [2.05, 4.69) is 43.5 Å². The summed E-state index contributed by atoms with van der Waals surface area (Å²) < 4.78 is 5.65. The van der Waals surface area contributed by atoms with Crippen molar-refractivity contribution >= 4 is 11.8 Å². The Morgan fingerprint density at radius 1 is 1.12 bits per heavy atom. The molecule has 0 spiro atoms. The Morgan fingerprint density at radius 3 is 2.38 bits per heavy atom. The van der Waals surface area contributed by atoms with Gasteiger partial charge >= 0.3 is 0 Å². The Hall–Kier alpha value is -2.04. The standard InChI is InChI=1S/C19H28N2O3/c1-19(2,3)14-6-10-16(11-7-14)24-12-4-5-17(22)20-13-18(23)21-15-8-9-15/h6-7,10-11,15H,4-5,8-9,12-13H2,1-3H3,(H,20,22)(H,21,23). The summed E-state index contributed by atoms with van der Waals surface area (Å²) in [6, 6.07) is 8.39. The third kappa shape index (κ3) is 6.60. The van der Waals surface area contributed by atoms with Crippen molar-refractivity contribution in [3.05, 3.63) is 29.8 Å². The SMILES string of the molecule is CC(C)(C)c1ccc(OCCCC(=O)NCC(=O)NC2CC2)cc1. The van der Waals surface area contributed by atoms with Gasteiger partial charge in [-0.3, -0.25) is 9.59 Å². The average Bonchev–Trinajstić information content (AvgIpc) is 3.33. The minimum absolute atomic E-state index is 0.0600. The van der Waals surface area contributed by atoms with Crippen molar-refractivity contribution in [1.82, 2.24) is 10.6 Å². The van der Waals surface area contributed by atoms with Gasteiger partial charge in [0.05, 0.1) is 13.2 Å². The van der Waals surface area contributed by atoms with Gasteiger partial charge in [-0.15, -0.1) is 0 Å². The molecule has 0 atom stereocenters. The van der Waals surface area contributed by atoms with Crippen LogP contribution in [0.25, 0.3) is 0 Å². The molecule has 2 N–H and O–H groups in total. The van der Waals surface area contributed by atoms with Crippen LogP contribution < -0.4 is 15.4 Å². The van der Waals surface area contributed by atoms with E-state index >= 15 is 0 Å². The molecular weight excluding hydrogens is 304 g/mol. The Morgan fingerprint density at radius 2 is 1.79 bits per heavy atom. The number of ether oxygens (including phenoxy) is 1. The van der Waals surface area contributed by atoms with Crippen LogP contribution in [0.5, 0.6) is 5.75 Å². The molecule has 0 aliphatic heterocycles. The van der Waals surface area contributed by atoms with Crippen LogP contribution in [0.3, 0.4) is 0 Å². The Labute approximate surface area is 144 Å². The molecule has 2 rings (SSSR count). The second-order valence-corrected chi connectivity index (χ2v) is 7.34. The van der Waals surface area contributed by atoms with Gasteiger partial charge in [0.1, 0.15) is 5.75 Å². The molecule has 0 bridgehead atoms. The van der Waals surface area contributed by atoms with Crippen molar-refractivity contribution in [3.63, 3.8) is 0 Å². The minimum Gasteiger partial charge on any atom is -0.494 e. The van der Waals surface area contributed by atoms with Gasteiger partial charge < -0.3 is 15.4 Å². The van der Waals surface area contributed by atoms with E-state index < -0.39 is 0 Å².